The van der Waals surface area contributed by atoms with Crippen molar-refractivity contribution in [3.63, 3.8) is 0 Å². The second-order valence-electron chi connectivity index (χ2n) is 6.06. The van der Waals surface area contributed by atoms with Gasteiger partial charge in [-0.1, -0.05) is 0 Å². The van der Waals surface area contributed by atoms with Crippen molar-refractivity contribution in [2.75, 3.05) is 18.8 Å². The molecule has 20 heavy (non-hydrogen) atoms. The topological polar surface area (TPSA) is 88.7 Å². The molecule has 0 aromatic carbocycles. The first-order valence-corrected chi connectivity index (χ1v) is 6.63. The number of aromatic nitrogens is 1. The summed E-state index contributed by atoms with van der Waals surface area (Å²) in [6.07, 6.45) is 2.17. The number of carbonyl (C=O) groups excluding carboxylic acids is 1. The van der Waals surface area contributed by atoms with Gasteiger partial charge in [0.15, 0.2) is 0 Å². The van der Waals surface area contributed by atoms with Crippen molar-refractivity contribution in [1.29, 1.82) is 0 Å². The number of pyridine rings is 1. The quantitative estimate of drug-likeness (QED) is 0.810. The number of nitrogens with two attached hydrogens (primary N) is 1. The Morgan fingerprint density at radius 3 is 2.80 bits per heavy atom. The number of rotatable bonds is 1. The summed E-state index contributed by atoms with van der Waals surface area (Å²) in [5.74, 6) is -0.226. The number of ether oxygens (including phenoxy) is 1. The minimum absolute atomic E-state index is 0.226. The van der Waals surface area contributed by atoms with Crippen molar-refractivity contribution < 1.29 is 14.6 Å². The van der Waals surface area contributed by atoms with E-state index in [0.717, 1.165) is 5.56 Å². The van der Waals surface area contributed by atoms with E-state index in [4.69, 9.17) is 10.5 Å². The van der Waals surface area contributed by atoms with Gasteiger partial charge in [-0.05, 0) is 26.8 Å². The Hall–Kier alpha value is -1.82. The summed E-state index contributed by atoms with van der Waals surface area (Å²) in [4.78, 5) is 17.5. The highest BCUT2D eigenvalue weighted by Crippen LogP contribution is 2.31. The highest BCUT2D eigenvalue weighted by atomic mass is 16.6. The Bertz CT molecular complexity index is 499. The van der Waals surface area contributed by atoms with Crippen LogP contribution in [0.1, 0.15) is 32.3 Å². The average Bonchev–Trinajstić information content (AvgIpc) is 2.70. The lowest BCUT2D eigenvalue weighted by molar-refractivity contribution is 0.0270. The number of carbonyl (C=O) groups is 1. The minimum atomic E-state index is -0.658. The lowest BCUT2D eigenvalue weighted by Gasteiger charge is -2.24. The van der Waals surface area contributed by atoms with Crippen molar-refractivity contribution >= 4 is 11.8 Å². The molecule has 0 saturated carbocycles. The number of nitrogen functional groups attached to an aromatic ring is 1. The second-order valence-corrected chi connectivity index (χ2v) is 6.06. The molecule has 6 nitrogen and oxygen atoms in total. The lowest BCUT2D eigenvalue weighted by Crippen LogP contribution is -2.35. The van der Waals surface area contributed by atoms with Crippen molar-refractivity contribution in [2.45, 2.75) is 38.4 Å². The van der Waals surface area contributed by atoms with Crippen LogP contribution in [0.15, 0.2) is 18.5 Å². The molecule has 1 aliphatic heterocycles. The zero-order valence-corrected chi connectivity index (χ0v) is 12.0. The number of hydrogen-bond acceptors (Lipinski definition) is 5. The summed E-state index contributed by atoms with van der Waals surface area (Å²) in [6.45, 7) is 6.07. The highest BCUT2D eigenvalue weighted by Gasteiger charge is 2.37. The first-order valence-electron chi connectivity index (χ1n) is 6.63. The van der Waals surface area contributed by atoms with Crippen LogP contribution in [0.25, 0.3) is 0 Å². The molecule has 2 heterocycles. The fourth-order valence-corrected chi connectivity index (χ4v) is 2.30. The smallest absolute Gasteiger partial charge is 0.410 e. The van der Waals surface area contributed by atoms with Crippen LogP contribution in [0.2, 0.25) is 0 Å². The molecule has 2 atom stereocenters. The van der Waals surface area contributed by atoms with E-state index in [-0.39, 0.29) is 12.5 Å². The van der Waals surface area contributed by atoms with Gasteiger partial charge in [0.05, 0.1) is 12.6 Å². The van der Waals surface area contributed by atoms with Crippen LogP contribution in [0.5, 0.6) is 0 Å². The van der Waals surface area contributed by atoms with Gasteiger partial charge >= 0.3 is 6.09 Å². The molecule has 0 unspecified atom stereocenters. The summed E-state index contributed by atoms with van der Waals surface area (Å²) in [5, 5.41) is 10.2. The zero-order valence-electron chi connectivity index (χ0n) is 12.0. The number of amides is 1. The number of likely N-dealkylation sites (tertiary alicyclic amines) is 1. The van der Waals surface area contributed by atoms with Gasteiger partial charge in [-0.3, -0.25) is 4.98 Å². The third-order valence-corrected chi connectivity index (χ3v) is 3.23. The molecule has 2 rings (SSSR count). The molecule has 0 spiro atoms. The second kappa shape index (κ2) is 5.28. The first-order chi connectivity index (χ1) is 9.28. The molecule has 6 heteroatoms. The maximum absolute atomic E-state index is 12.0. The van der Waals surface area contributed by atoms with Crippen LogP contribution in [0, 0.1) is 0 Å². The van der Waals surface area contributed by atoms with Gasteiger partial charge < -0.3 is 20.5 Å². The Morgan fingerprint density at radius 2 is 2.20 bits per heavy atom. The predicted octanol–water partition coefficient (Wildman–Crippen LogP) is 1.36. The molecule has 0 aliphatic carbocycles. The van der Waals surface area contributed by atoms with Crippen LogP contribution >= 0.6 is 0 Å². The molecule has 1 aromatic heterocycles. The highest BCUT2D eigenvalue weighted by molar-refractivity contribution is 5.69. The Morgan fingerprint density at radius 1 is 1.50 bits per heavy atom. The third kappa shape index (κ3) is 3.19. The Labute approximate surface area is 118 Å². The predicted molar refractivity (Wildman–Crippen MR) is 75.2 cm³/mol. The maximum atomic E-state index is 12.0. The molecule has 1 fully saturated rings. The van der Waals surface area contributed by atoms with Crippen molar-refractivity contribution in [1.82, 2.24) is 9.88 Å². The largest absolute Gasteiger partial charge is 0.444 e. The van der Waals surface area contributed by atoms with Gasteiger partial charge in [0, 0.05) is 36.1 Å². The number of anilines is 1. The Kier molecular flexibility index (Phi) is 3.85. The van der Waals surface area contributed by atoms with Crippen LogP contribution in [0.4, 0.5) is 10.5 Å². The molecular weight excluding hydrogens is 258 g/mol. The normalized spacial score (nSPS) is 22.9. The van der Waals surface area contributed by atoms with E-state index in [0.29, 0.717) is 12.2 Å². The maximum Gasteiger partial charge on any atom is 0.410 e. The summed E-state index contributed by atoms with van der Waals surface area (Å²) >= 11 is 0. The van der Waals surface area contributed by atoms with Gasteiger partial charge in [0.2, 0.25) is 0 Å². The Balaban J connectivity index is 2.10. The lowest BCUT2D eigenvalue weighted by atomic mass is 9.96. The molecule has 0 bridgehead atoms. The first kappa shape index (κ1) is 14.6. The number of β-amino-alcohol motifs (C(OH)–C–C–N with tert-alkyl or cyclic N) is 1. The fraction of sp³-hybridized carbons (Fsp3) is 0.571. The number of nitrogens with zero attached hydrogens (tertiary/aromatic N) is 2. The molecule has 110 valence electrons. The van der Waals surface area contributed by atoms with Crippen molar-refractivity contribution in [3.05, 3.63) is 24.0 Å². The summed E-state index contributed by atoms with van der Waals surface area (Å²) in [5.41, 5.74) is 6.70. The van der Waals surface area contributed by atoms with Crippen LogP contribution < -0.4 is 5.73 Å². The van der Waals surface area contributed by atoms with E-state index in [1.54, 1.807) is 18.5 Å². The third-order valence-electron chi connectivity index (χ3n) is 3.23. The summed E-state index contributed by atoms with van der Waals surface area (Å²) in [7, 11) is 0. The van der Waals surface area contributed by atoms with E-state index >= 15 is 0 Å². The van der Waals surface area contributed by atoms with Gasteiger partial charge in [0.25, 0.3) is 0 Å². The molecule has 3 N–H and O–H groups in total. The summed E-state index contributed by atoms with van der Waals surface area (Å²) in [6, 6.07) is 1.69. The minimum Gasteiger partial charge on any atom is -0.444 e. The van der Waals surface area contributed by atoms with Crippen LogP contribution in [-0.2, 0) is 4.74 Å². The fourth-order valence-electron chi connectivity index (χ4n) is 2.30. The van der Waals surface area contributed by atoms with Crippen molar-refractivity contribution in [2.24, 2.45) is 0 Å². The standard InChI is InChI=1S/C14H21N3O3/c1-14(2,3)20-13(19)17-7-10(12(18)8-17)9-6-16-5-4-11(9)15/h4-6,10,12,18H,7-8H2,1-3H3,(H2,15,16)/t10-,12+/m1/s1. The van der Waals surface area contributed by atoms with Gasteiger partial charge in [-0.2, -0.15) is 0 Å². The van der Waals surface area contributed by atoms with E-state index in [2.05, 4.69) is 4.98 Å². The molecule has 0 radical (unpaired) electrons. The number of aliphatic hydroxyl groups is 1. The molecule has 1 amide bonds. The monoisotopic (exact) mass is 279 g/mol. The SMILES string of the molecule is CC(C)(C)OC(=O)N1C[C@H](c2cnccc2N)[C@@H](O)C1. The van der Waals surface area contributed by atoms with Crippen LogP contribution in [-0.4, -0.2) is 45.9 Å². The number of hydrogen-bond donors (Lipinski definition) is 2. The molecule has 1 aromatic rings. The van der Waals surface area contributed by atoms with Gasteiger partial charge in [0.1, 0.15) is 5.60 Å². The van der Waals surface area contributed by atoms with Crippen molar-refractivity contribution in [3.8, 4) is 0 Å². The summed E-state index contributed by atoms with van der Waals surface area (Å²) < 4.78 is 5.31. The van der Waals surface area contributed by atoms with E-state index < -0.39 is 17.8 Å². The van der Waals surface area contributed by atoms with Gasteiger partial charge in [-0.15, -0.1) is 0 Å². The van der Waals surface area contributed by atoms with E-state index in [1.807, 2.05) is 20.8 Å². The van der Waals surface area contributed by atoms with E-state index in [1.165, 1.54) is 4.90 Å². The number of aliphatic hydroxyl groups excluding tert-OH is 1. The van der Waals surface area contributed by atoms with E-state index in [9.17, 15) is 9.90 Å². The average molecular weight is 279 g/mol. The van der Waals surface area contributed by atoms with Gasteiger partial charge in [-0.25, -0.2) is 4.79 Å². The van der Waals surface area contributed by atoms with Crippen LogP contribution in [0.3, 0.4) is 0 Å². The molecular formula is C14H21N3O3. The molecule has 1 saturated heterocycles. The zero-order chi connectivity index (χ0) is 14.9. The molecule has 1 aliphatic rings.